The van der Waals surface area contributed by atoms with Crippen molar-refractivity contribution in [2.45, 2.75) is 20.8 Å². The van der Waals surface area contributed by atoms with Gasteiger partial charge in [0.25, 0.3) is 0 Å². The number of hydrogen-bond donors (Lipinski definition) is 0. The van der Waals surface area contributed by atoms with E-state index in [0.29, 0.717) is 11.1 Å². The van der Waals surface area contributed by atoms with Crippen molar-refractivity contribution in [3.05, 3.63) is 92.5 Å². The van der Waals surface area contributed by atoms with Gasteiger partial charge in [0.2, 0.25) is 0 Å². The molecule has 5 heteroatoms. The van der Waals surface area contributed by atoms with Crippen LogP contribution < -0.4 is 4.46 Å². The van der Waals surface area contributed by atoms with Gasteiger partial charge in [-0.15, -0.1) is 0 Å². The fourth-order valence-electron chi connectivity index (χ4n) is 2.81. The van der Waals surface area contributed by atoms with Crippen molar-refractivity contribution < 1.29 is 4.92 Å². The van der Waals surface area contributed by atoms with E-state index in [-0.39, 0.29) is 26.1 Å². The van der Waals surface area contributed by atoms with Crippen LogP contribution in [0, 0.1) is 26.9 Å². The number of nitriles is 1. The SMILES string of the molecule is CC(C)(C)/C=C/C1=CC(=C(/C#N)c2ccc([N+](=O)[O-])cc2)/c2ccccc2[Se]1. The summed E-state index contributed by atoms with van der Waals surface area (Å²) < 4.78 is 2.43. The van der Waals surface area contributed by atoms with Gasteiger partial charge in [0.05, 0.1) is 0 Å². The van der Waals surface area contributed by atoms with E-state index in [2.05, 4.69) is 51.1 Å². The number of nitro benzene ring substituents is 1. The number of fused-ring (bicyclic) bond motifs is 1. The number of allylic oxidation sites excluding steroid dienone is 6. The predicted octanol–water partition coefficient (Wildman–Crippen LogP) is 4.86. The molecule has 0 unspecified atom stereocenters. The molecule has 0 N–H and O–H groups in total. The standard InChI is InChI=1S/C23H20N2O2Se/c1-23(2,3)13-12-18-14-20(19-6-4-5-7-22(19)28-18)21(15-24)16-8-10-17(11-9-16)25(26)27/h4-14H,1-3H3/b13-12+,21-20+. The Labute approximate surface area is 171 Å². The molecule has 3 rings (SSSR count). The third-order valence-corrected chi connectivity index (χ3v) is 6.42. The third-order valence-electron chi connectivity index (χ3n) is 4.19. The summed E-state index contributed by atoms with van der Waals surface area (Å²) in [6.45, 7) is 6.46. The molecule has 28 heavy (non-hydrogen) atoms. The molecule has 0 saturated heterocycles. The number of nitrogens with zero attached hydrogens (tertiary/aromatic N) is 2. The molecule has 0 amide bonds. The second kappa shape index (κ2) is 7.98. The first-order chi connectivity index (χ1) is 13.3. The Kier molecular flexibility index (Phi) is 5.65. The minimum absolute atomic E-state index is 0.0164. The van der Waals surface area contributed by atoms with Crippen LogP contribution >= 0.6 is 0 Å². The van der Waals surface area contributed by atoms with Crippen LogP contribution in [0.2, 0.25) is 0 Å². The second-order valence-corrected chi connectivity index (χ2v) is 9.89. The predicted molar refractivity (Wildman–Crippen MR) is 114 cm³/mol. The van der Waals surface area contributed by atoms with E-state index in [1.54, 1.807) is 12.1 Å². The Morgan fingerprint density at radius 2 is 1.82 bits per heavy atom. The number of non-ortho nitro benzene ring substituents is 1. The van der Waals surface area contributed by atoms with Gasteiger partial charge >= 0.3 is 171 Å². The van der Waals surface area contributed by atoms with Gasteiger partial charge in [-0.25, -0.2) is 0 Å². The van der Waals surface area contributed by atoms with Crippen LogP contribution in [0.1, 0.15) is 31.9 Å². The normalized spacial score (nSPS) is 15.6. The number of benzene rings is 2. The monoisotopic (exact) mass is 436 g/mol. The van der Waals surface area contributed by atoms with Crippen molar-refractivity contribution in [3.8, 4) is 6.07 Å². The molecule has 1 aliphatic heterocycles. The number of rotatable bonds is 3. The summed E-state index contributed by atoms with van der Waals surface area (Å²) in [5.74, 6) is 0. The molecular formula is C23H20N2O2Se. The average Bonchev–Trinajstić information content (AvgIpc) is 2.67. The molecule has 0 atom stereocenters. The first kappa shape index (κ1) is 19.8. The van der Waals surface area contributed by atoms with Crippen LogP contribution in [0.15, 0.2) is 71.2 Å². The van der Waals surface area contributed by atoms with E-state index in [9.17, 15) is 15.4 Å². The molecule has 1 heterocycles. The molecular weight excluding hydrogens is 415 g/mol. The minimum atomic E-state index is -0.434. The Balaban J connectivity index is 2.16. The van der Waals surface area contributed by atoms with Crippen molar-refractivity contribution in [2.24, 2.45) is 5.41 Å². The van der Waals surface area contributed by atoms with Crippen molar-refractivity contribution in [2.75, 3.05) is 0 Å². The van der Waals surface area contributed by atoms with E-state index in [0.717, 1.165) is 11.1 Å². The van der Waals surface area contributed by atoms with E-state index in [1.807, 2.05) is 18.2 Å². The van der Waals surface area contributed by atoms with Crippen molar-refractivity contribution in [3.63, 3.8) is 0 Å². The molecule has 4 nitrogen and oxygen atoms in total. The molecule has 2 aromatic rings. The number of hydrogen-bond acceptors (Lipinski definition) is 3. The van der Waals surface area contributed by atoms with Gasteiger partial charge in [-0.3, -0.25) is 0 Å². The van der Waals surface area contributed by atoms with E-state index in [1.165, 1.54) is 21.1 Å². The molecule has 0 aliphatic carbocycles. The Hall–Kier alpha value is -2.93. The molecule has 0 saturated carbocycles. The summed E-state index contributed by atoms with van der Waals surface area (Å²) in [5.41, 5.74) is 3.23. The molecule has 0 fully saturated rings. The van der Waals surface area contributed by atoms with Crippen molar-refractivity contribution >= 4 is 36.3 Å². The average molecular weight is 435 g/mol. The van der Waals surface area contributed by atoms with Gasteiger partial charge in [0.15, 0.2) is 0 Å². The molecule has 140 valence electrons. The fraction of sp³-hybridized carbons (Fsp3) is 0.174. The van der Waals surface area contributed by atoms with Crippen LogP contribution in [-0.2, 0) is 0 Å². The summed E-state index contributed by atoms with van der Waals surface area (Å²) in [6, 6.07) is 16.6. The molecule has 1 aliphatic rings. The van der Waals surface area contributed by atoms with Crippen molar-refractivity contribution in [1.82, 2.24) is 0 Å². The van der Waals surface area contributed by atoms with Gasteiger partial charge in [0, 0.05) is 0 Å². The zero-order valence-electron chi connectivity index (χ0n) is 16.0. The fourth-order valence-corrected chi connectivity index (χ4v) is 4.91. The maximum absolute atomic E-state index is 10.9. The Bertz CT molecular complexity index is 1050. The topological polar surface area (TPSA) is 66.9 Å². The second-order valence-electron chi connectivity index (χ2n) is 7.55. The zero-order chi connectivity index (χ0) is 20.3. The van der Waals surface area contributed by atoms with E-state index in [4.69, 9.17) is 0 Å². The first-order valence-corrected chi connectivity index (χ1v) is 10.6. The van der Waals surface area contributed by atoms with Gasteiger partial charge in [-0.1, -0.05) is 0 Å². The Morgan fingerprint density at radius 3 is 2.43 bits per heavy atom. The molecule has 2 aromatic carbocycles. The molecule has 0 spiro atoms. The van der Waals surface area contributed by atoms with Crippen LogP contribution in [-0.4, -0.2) is 19.9 Å². The van der Waals surface area contributed by atoms with Crippen LogP contribution in [0.4, 0.5) is 5.69 Å². The molecule has 0 radical (unpaired) electrons. The van der Waals surface area contributed by atoms with Gasteiger partial charge < -0.3 is 0 Å². The molecule has 0 aromatic heterocycles. The number of nitro groups is 1. The summed E-state index contributed by atoms with van der Waals surface area (Å²) in [4.78, 5) is 10.5. The first-order valence-electron chi connectivity index (χ1n) is 8.86. The van der Waals surface area contributed by atoms with Gasteiger partial charge in [-0.2, -0.15) is 0 Å². The summed E-state index contributed by atoms with van der Waals surface area (Å²) in [7, 11) is 0. The van der Waals surface area contributed by atoms with E-state index >= 15 is 0 Å². The van der Waals surface area contributed by atoms with E-state index < -0.39 is 4.92 Å². The van der Waals surface area contributed by atoms with Crippen molar-refractivity contribution in [1.29, 1.82) is 5.26 Å². The van der Waals surface area contributed by atoms with Crippen LogP contribution in [0.5, 0.6) is 0 Å². The van der Waals surface area contributed by atoms with Crippen LogP contribution in [0.3, 0.4) is 0 Å². The third kappa shape index (κ3) is 4.48. The summed E-state index contributed by atoms with van der Waals surface area (Å²) in [6.07, 6.45) is 6.43. The maximum atomic E-state index is 10.9. The Morgan fingerprint density at radius 1 is 1.14 bits per heavy atom. The summed E-state index contributed by atoms with van der Waals surface area (Å²) in [5, 5.41) is 20.8. The zero-order valence-corrected chi connectivity index (χ0v) is 17.7. The van der Waals surface area contributed by atoms with Crippen LogP contribution in [0.25, 0.3) is 11.1 Å². The van der Waals surface area contributed by atoms with Gasteiger partial charge in [0.1, 0.15) is 0 Å². The quantitative estimate of drug-likeness (QED) is 0.299. The molecule has 0 bridgehead atoms. The van der Waals surface area contributed by atoms with Gasteiger partial charge in [-0.05, 0) is 0 Å². The summed E-state index contributed by atoms with van der Waals surface area (Å²) >= 11 is 0.165.